The van der Waals surface area contributed by atoms with E-state index in [-0.39, 0.29) is 31.4 Å². The number of pyridine rings is 1. The molecule has 0 unspecified atom stereocenters. The first kappa shape index (κ1) is 30.7. The molecule has 3 atom stereocenters. The number of rotatable bonds is 4. The summed E-state index contributed by atoms with van der Waals surface area (Å²) in [5.41, 5.74) is 9.31. The number of aromatic nitrogens is 1. The van der Waals surface area contributed by atoms with Crippen LogP contribution in [0.25, 0.3) is 22.2 Å². The third kappa shape index (κ3) is 6.84. The second kappa shape index (κ2) is 13.7. The summed E-state index contributed by atoms with van der Waals surface area (Å²) < 4.78 is 18.0. The highest BCUT2D eigenvalue weighted by Gasteiger charge is 2.44. The summed E-state index contributed by atoms with van der Waals surface area (Å²) >= 11 is 0. The summed E-state index contributed by atoms with van der Waals surface area (Å²) in [7, 11) is 1.66. The van der Waals surface area contributed by atoms with Crippen LogP contribution in [0.5, 0.6) is 11.5 Å². The average Bonchev–Trinajstić information content (AvgIpc) is 3.49. The molecule has 2 fully saturated rings. The number of cyclic esters (lactones) is 1. The molecule has 3 amide bonds. The zero-order valence-corrected chi connectivity index (χ0v) is 25.8. The van der Waals surface area contributed by atoms with Gasteiger partial charge in [0.15, 0.2) is 0 Å². The number of carbonyl (C=O) groups is 3. The highest BCUT2D eigenvalue weighted by molar-refractivity contribution is 5.92. The summed E-state index contributed by atoms with van der Waals surface area (Å²) in [6.07, 6.45) is 7.05. The molecule has 10 nitrogen and oxygen atoms in total. The van der Waals surface area contributed by atoms with Crippen molar-refractivity contribution in [1.29, 1.82) is 0 Å². The van der Waals surface area contributed by atoms with Crippen molar-refractivity contribution in [3.05, 3.63) is 54.1 Å². The van der Waals surface area contributed by atoms with E-state index in [4.69, 9.17) is 24.9 Å². The van der Waals surface area contributed by atoms with Crippen LogP contribution in [0.3, 0.4) is 0 Å². The first-order valence-electron chi connectivity index (χ1n) is 16.2. The molecule has 1 aliphatic carbocycles. The van der Waals surface area contributed by atoms with Crippen LogP contribution in [0, 0.1) is 5.92 Å². The van der Waals surface area contributed by atoms with E-state index in [9.17, 15) is 14.4 Å². The number of alkyl carbamates (subject to hydrolysis) is 1. The van der Waals surface area contributed by atoms with Gasteiger partial charge in [0.25, 0.3) is 0 Å². The Kier molecular flexibility index (Phi) is 9.37. The topological polar surface area (TPSA) is 133 Å². The highest BCUT2D eigenvalue weighted by Crippen LogP contribution is 2.37. The lowest BCUT2D eigenvalue weighted by molar-refractivity contribution is -0.140. The molecule has 0 spiro atoms. The molecule has 3 heterocycles. The quantitative estimate of drug-likeness (QED) is 0.416. The zero-order valence-electron chi connectivity index (χ0n) is 25.8. The molecule has 2 aromatic carbocycles. The SMILES string of the molecule is COc1cc2nc(-c3ccccc3)cc3c2cc1CCCCCOC(=O)N[C@@H](C1CCCCC1)C(=O)N1C[C@@H](C[C@H]1C(N)=O)O3. The van der Waals surface area contributed by atoms with E-state index in [0.717, 1.165) is 84.8 Å². The maximum Gasteiger partial charge on any atom is 0.407 e. The number of methoxy groups -OCH3 is 1. The summed E-state index contributed by atoms with van der Waals surface area (Å²) in [6, 6.07) is 14.2. The van der Waals surface area contributed by atoms with Crippen molar-refractivity contribution in [2.75, 3.05) is 20.3 Å². The van der Waals surface area contributed by atoms with E-state index in [0.29, 0.717) is 12.2 Å². The third-order valence-electron chi connectivity index (χ3n) is 9.39. The lowest BCUT2D eigenvalue weighted by Gasteiger charge is -2.34. The maximum absolute atomic E-state index is 14.2. The van der Waals surface area contributed by atoms with Crippen molar-refractivity contribution in [1.82, 2.24) is 15.2 Å². The fourth-order valence-corrected chi connectivity index (χ4v) is 7.04. The monoisotopic (exact) mass is 614 g/mol. The summed E-state index contributed by atoms with van der Waals surface area (Å²) in [5.74, 6) is 0.422. The first-order chi connectivity index (χ1) is 21.9. The molecule has 2 aliphatic heterocycles. The van der Waals surface area contributed by atoms with Crippen molar-refractivity contribution < 1.29 is 28.6 Å². The van der Waals surface area contributed by atoms with Crippen LogP contribution in [-0.4, -0.2) is 66.2 Å². The van der Waals surface area contributed by atoms with Crippen LogP contribution in [0.4, 0.5) is 4.79 Å². The summed E-state index contributed by atoms with van der Waals surface area (Å²) in [6.45, 7) is 0.423. The number of amides is 3. The molecule has 1 saturated heterocycles. The molecule has 0 radical (unpaired) electrons. The molecular formula is C35H42N4O6. The minimum Gasteiger partial charge on any atom is -0.496 e. The molecule has 45 heavy (non-hydrogen) atoms. The van der Waals surface area contributed by atoms with Gasteiger partial charge in [0, 0.05) is 29.5 Å². The summed E-state index contributed by atoms with van der Waals surface area (Å²) in [5, 5.41) is 3.71. The van der Waals surface area contributed by atoms with Crippen LogP contribution < -0.4 is 20.5 Å². The Morgan fingerprint density at radius 2 is 1.80 bits per heavy atom. The lowest BCUT2D eigenvalue weighted by Crippen LogP contribution is -2.56. The normalized spacial score (nSPS) is 23.5. The van der Waals surface area contributed by atoms with Gasteiger partial charge in [-0.05, 0) is 56.1 Å². The average molecular weight is 615 g/mol. The fraction of sp³-hybridized carbons (Fsp3) is 0.486. The molecule has 3 N–H and O–H groups in total. The van der Waals surface area contributed by atoms with E-state index in [1.165, 1.54) is 4.90 Å². The standard InChI is InChI=1S/C35H42N4O6/c1-43-30-20-28-26-17-24(30)15-9-4-10-16-44-35(42)38-32(23-13-7-3-8-14-23)34(41)39-21-25(18-29(39)33(36)40)45-31(26)19-27(37-28)22-11-5-2-6-12-22/h2,5-6,11-12,17,19-20,23,25,29,32H,3-4,7-10,13-16,18,21H2,1H3,(H2,36,40)(H,38,42)/t25-,29+,32+/m1/s1. The van der Waals surface area contributed by atoms with E-state index < -0.39 is 30.2 Å². The van der Waals surface area contributed by atoms with Gasteiger partial charge in [-0.25, -0.2) is 9.78 Å². The molecule has 1 saturated carbocycles. The van der Waals surface area contributed by atoms with Crippen LogP contribution in [-0.2, 0) is 20.7 Å². The highest BCUT2D eigenvalue weighted by atomic mass is 16.5. The Bertz CT molecular complexity index is 1540. The molecule has 3 aliphatic rings. The van der Waals surface area contributed by atoms with Crippen LogP contribution in [0.2, 0.25) is 0 Å². The first-order valence-corrected chi connectivity index (χ1v) is 16.2. The van der Waals surface area contributed by atoms with Crippen LogP contribution >= 0.6 is 0 Å². The Hall–Kier alpha value is -4.34. The summed E-state index contributed by atoms with van der Waals surface area (Å²) in [4.78, 5) is 46.3. The predicted molar refractivity (Wildman–Crippen MR) is 170 cm³/mol. The number of hydrogen-bond donors (Lipinski definition) is 2. The number of nitrogens with one attached hydrogen (secondary N) is 1. The molecule has 1 aromatic heterocycles. The fourth-order valence-electron chi connectivity index (χ4n) is 7.04. The number of primary amides is 1. The molecule has 10 heteroatoms. The van der Waals surface area contributed by atoms with Gasteiger partial charge in [-0.2, -0.15) is 0 Å². The van der Waals surface area contributed by atoms with Gasteiger partial charge >= 0.3 is 6.09 Å². The third-order valence-corrected chi connectivity index (χ3v) is 9.39. The molecule has 238 valence electrons. The van der Waals surface area contributed by atoms with Gasteiger partial charge in [0.05, 0.1) is 31.5 Å². The van der Waals surface area contributed by atoms with Gasteiger partial charge in [0.2, 0.25) is 11.8 Å². The maximum atomic E-state index is 14.2. The minimum absolute atomic E-state index is 0.0381. The number of aryl methyl sites for hydroxylation is 1. The Labute approximate surface area is 263 Å². The molecule has 3 aromatic rings. The van der Waals surface area contributed by atoms with Gasteiger partial charge < -0.3 is 30.2 Å². The number of fused-ring (bicyclic) bond motifs is 3. The molecule has 4 bridgehead atoms. The Morgan fingerprint density at radius 1 is 1.02 bits per heavy atom. The zero-order chi connectivity index (χ0) is 31.3. The molecular weight excluding hydrogens is 572 g/mol. The van der Waals surface area contributed by atoms with Gasteiger partial charge in [-0.3, -0.25) is 9.59 Å². The second-order valence-corrected chi connectivity index (χ2v) is 12.4. The number of nitrogens with zero attached hydrogens (tertiary/aromatic N) is 2. The predicted octanol–water partition coefficient (Wildman–Crippen LogP) is 5.15. The number of nitrogens with two attached hydrogens (primary N) is 1. The van der Waals surface area contributed by atoms with E-state index in [1.807, 2.05) is 42.5 Å². The molecule has 6 rings (SSSR count). The van der Waals surface area contributed by atoms with Crippen molar-refractivity contribution >= 4 is 28.8 Å². The largest absolute Gasteiger partial charge is 0.496 e. The van der Waals surface area contributed by atoms with Crippen molar-refractivity contribution in [3.63, 3.8) is 0 Å². The van der Waals surface area contributed by atoms with Crippen molar-refractivity contribution in [2.45, 2.75) is 82.4 Å². The van der Waals surface area contributed by atoms with Crippen LogP contribution in [0.1, 0.15) is 63.4 Å². The van der Waals surface area contributed by atoms with E-state index in [1.54, 1.807) is 7.11 Å². The smallest absolute Gasteiger partial charge is 0.407 e. The number of carbonyl (C=O) groups excluding carboxylic acids is 3. The van der Waals surface area contributed by atoms with E-state index in [2.05, 4.69) is 11.4 Å². The minimum atomic E-state index is -0.856. The van der Waals surface area contributed by atoms with Crippen molar-refractivity contribution in [3.8, 4) is 22.8 Å². The number of hydrogen-bond acceptors (Lipinski definition) is 7. The Balaban J connectivity index is 1.40. The lowest BCUT2D eigenvalue weighted by atomic mass is 9.83. The van der Waals surface area contributed by atoms with Crippen LogP contribution in [0.15, 0.2) is 48.5 Å². The van der Waals surface area contributed by atoms with Gasteiger partial charge in [-0.1, -0.05) is 49.6 Å². The number of benzene rings is 2. The van der Waals surface area contributed by atoms with Gasteiger partial charge in [0.1, 0.15) is 29.7 Å². The van der Waals surface area contributed by atoms with Crippen molar-refractivity contribution in [2.24, 2.45) is 11.7 Å². The second-order valence-electron chi connectivity index (χ2n) is 12.4. The van der Waals surface area contributed by atoms with Gasteiger partial charge in [-0.15, -0.1) is 0 Å². The Morgan fingerprint density at radius 3 is 2.56 bits per heavy atom. The number of ether oxygens (including phenoxy) is 3. The van der Waals surface area contributed by atoms with E-state index >= 15 is 0 Å².